The zero-order chi connectivity index (χ0) is 13.0. The van der Waals surface area contributed by atoms with Gasteiger partial charge in [-0.25, -0.2) is 0 Å². The molecule has 1 aromatic carbocycles. The van der Waals surface area contributed by atoms with Crippen LogP contribution in [-0.4, -0.2) is 37.4 Å². The summed E-state index contributed by atoms with van der Waals surface area (Å²) in [5, 5.41) is 9.11. The van der Waals surface area contributed by atoms with Crippen LogP contribution >= 0.6 is 0 Å². The van der Waals surface area contributed by atoms with Crippen LogP contribution in [0.2, 0.25) is 0 Å². The molecule has 1 fully saturated rings. The molecular weight excluding hydrogens is 232 g/mol. The molecule has 98 valence electrons. The van der Waals surface area contributed by atoms with Crippen LogP contribution in [0.15, 0.2) is 24.3 Å². The van der Waals surface area contributed by atoms with E-state index < -0.39 is 0 Å². The predicted molar refractivity (Wildman–Crippen MR) is 69.2 cm³/mol. The average molecular weight is 250 g/mol. The SMILES string of the molecule is Nc1ccccc1N(CCO)C(=O)C1CCOC1. The summed E-state index contributed by atoms with van der Waals surface area (Å²) >= 11 is 0. The molecule has 5 nitrogen and oxygen atoms in total. The highest BCUT2D eigenvalue weighted by atomic mass is 16.5. The van der Waals surface area contributed by atoms with Crippen LogP contribution in [0, 0.1) is 5.92 Å². The molecule has 1 amide bonds. The first-order valence-corrected chi connectivity index (χ1v) is 6.08. The number of hydrogen-bond donors (Lipinski definition) is 2. The quantitative estimate of drug-likeness (QED) is 0.769. The first-order chi connectivity index (χ1) is 8.74. The Bertz CT molecular complexity index is 416. The Labute approximate surface area is 106 Å². The minimum atomic E-state index is -0.129. The molecule has 1 unspecified atom stereocenters. The fourth-order valence-electron chi connectivity index (χ4n) is 2.13. The molecule has 1 heterocycles. The van der Waals surface area contributed by atoms with Crippen LogP contribution in [0.5, 0.6) is 0 Å². The van der Waals surface area contributed by atoms with Crippen LogP contribution in [0.3, 0.4) is 0 Å². The first kappa shape index (κ1) is 12.9. The van der Waals surface area contributed by atoms with Crippen LogP contribution in [-0.2, 0) is 9.53 Å². The number of hydrogen-bond acceptors (Lipinski definition) is 4. The first-order valence-electron chi connectivity index (χ1n) is 6.08. The van der Waals surface area contributed by atoms with Crippen LogP contribution in [0.25, 0.3) is 0 Å². The number of rotatable bonds is 4. The minimum absolute atomic E-state index is 0.0283. The highest BCUT2D eigenvalue weighted by Gasteiger charge is 2.29. The molecule has 3 N–H and O–H groups in total. The van der Waals surface area contributed by atoms with Gasteiger partial charge in [-0.1, -0.05) is 12.1 Å². The Morgan fingerprint density at radius 3 is 2.89 bits per heavy atom. The average Bonchev–Trinajstić information content (AvgIpc) is 2.90. The second-order valence-corrected chi connectivity index (χ2v) is 4.33. The van der Waals surface area contributed by atoms with Crippen molar-refractivity contribution in [3.63, 3.8) is 0 Å². The van der Waals surface area contributed by atoms with Gasteiger partial charge in [-0.15, -0.1) is 0 Å². The minimum Gasteiger partial charge on any atom is -0.397 e. The number of nitrogens with zero attached hydrogens (tertiary/aromatic N) is 1. The molecule has 2 rings (SSSR count). The second-order valence-electron chi connectivity index (χ2n) is 4.33. The molecule has 5 heteroatoms. The Hall–Kier alpha value is -1.59. The predicted octanol–water partition coefficient (Wildman–Crippen LogP) is 0.631. The lowest BCUT2D eigenvalue weighted by Gasteiger charge is -2.25. The van der Waals surface area contributed by atoms with Gasteiger partial charge in [-0.3, -0.25) is 4.79 Å². The van der Waals surface area contributed by atoms with Crippen molar-refractivity contribution < 1.29 is 14.6 Å². The van der Waals surface area contributed by atoms with Gasteiger partial charge in [-0.2, -0.15) is 0 Å². The topological polar surface area (TPSA) is 75.8 Å². The van der Waals surface area contributed by atoms with Crippen molar-refractivity contribution in [3.8, 4) is 0 Å². The molecule has 0 spiro atoms. The number of para-hydroxylation sites is 2. The van der Waals surface area contributed by atoms with Crippen molar-refractivity contribution in [2.45, 2.75) is 6.42 Å². The van der Waals surface area contributed by atoms with E-state index in [2.05, 4.69) is 0 Å². The van der Waals surface area contributed by atoms with Gasteiger partial charge in [-0.05, 0) is 18.6 Å². The molecule has 1 aliphatic rings. The normalized spacial score (nSPS) is 18.8. The standard InChI is InChI=1S/C13H18N2O3/c14-11-3-1-2-4-12(11)15(6-7-16)13(17)10-5-8-18-9-10/h1-4,10,16H,5-9,14H2. The molecule has 1 aliphatic heterocycles. The number of benzene rings is 1. The number of nitrogen functional groups attached to an aromatic ring is 1. The number of aliphatic hydroxyl groups excluding tert-OH is 1. The van der Waals surface area contributed by atoms with Crippen LogP contribution in [0.4, 0.5) is 11.4 Å². The van der Waals surface area contributed by atoms with E-state index >= 15 is 0 Å². The van der Waals surface area contributed by atoms with Gasteiger partial charge in [0, 0.05) is 13.2 Å². The maximum Gasteiger partial charge on any atom is 0.232 e. The number of anilines is 2. The molecular formula is C13H18N2O3. The third-order valence-corrected chi connectivity index (χ3v) is 3.10. The molecule has 1 saturated heterocycles. The monoisotopic (exact) mass is 250 g/mol. The van der Waals surface area contributed by atoms with Crippen LogP contribution in [0.1, 0.15) is 6.42 Å². The van der Waals surface area contributed by atoms with Gasteiger partial charge >= 0.3 is 0 Å². The number of nitrogens with two attached hydrogens (primary N) is 1. The van der Waals surface area contributed by atoms with E-state index in [4.69, 9.17) is 15.6 Å². The molecule has 0 bridgehead atoms. The molecule has 1 aromatic rings. The van der Waals surface area contributed by atoms with Gasteiger partial charge in [0.25, 0.3) is 0 Å². The van der Waals surface area contributed by atoms with E-state index in [1.807, 2.05) is 12.1 Å². The summed E-state index contributed by atoms with van der Waals surface area (Å²) < 4.78 is 5.23. The van der Waals surface area contributed by atoms with Gasteiger partial charge in [0.1, 0.15) is 0 Å². The zero-order valence-corrected chi connectivity index (χ0v) is 10.2. The van der Waals surface area contributed by atoms with Crippen molar-refractivity contribution in [3.05, 3.63) is 24.3 Å². The number of carbonyl (C=O) groups excluding carboxylic acids is 1. The molecule has 0 saturated carbocycles. The van der Waals surface area contributed by atoms with E-state index in [0.29, 0.717) is 24.6 Å². The lowest BCUT2D eigenvalue weighted by molar-refractivity contribution is -0.122. The third kappa shape index (κ3) is 2.63. The van der Waals surface area contributed by atoms with E-state index in [1.54, 1.807) is 17.0 Å². The molecule has 0 aliphatic carbocycles. The number of aliphatic hydroxyl groups is 1. The number of amides is 1. The molecule has 1 atom stereocenters. The van der Waals surface area contributed by atoms with Crippen molar-refractivity contribution in [2.24, 2.45) is 5.92 Å². The summed E-state index contributed by atoms with van der Waals surface area (Å²) in [6.45, 7) is 1.23. The highest BCUT2D eigenvalue weighted by molar-refractivity contribution is 5.97. The largest absolute Gasteiger partial charge is 0.397 e. The Morgan fingerprint density at radius 2 is 2.28 bits per heavy atom. The van der Waals surface area contributed by atoms with Crippen molar-refractivity contribution in [1.82, 2.24) is 0 Å². The third-order valence-electron chi connectivity index (χ3n) is 3.10. The number of carbonyl (C=O) groups is 1. The Morgan fingerprint density at radius 1 is 1.50 bits per heavy atom. The zero-order valence-electron chi connectivity index (χ0n) is 10.2. The summed E-state index contributed by atoms with van der Waals surface area (Å²) in [5.41, 5.74) is 7.08. The van der Waals surface area contributed by atoms with Crippen LogP contribution < -0.4 is 10.6 Å². The maximum atomic E-state index is 12.4. The molecule has 0 radical (unpaired) electrons. The van der Waals surface area contributed by atoms with Crippen molar-refractivity contribution in [1.29, 1.82) is 0 Å². The summed E-state index contributed by atoms with van der Waals surface area (Å²) in [6, 6.07) is 7.18. The lowest BCUT2D eigenvalue weighted by Crippen LogP contribution is -2.39. The summed E-state index contributed by atoms with van der Waals surface area (Å²) in [4.78, 5) is 13.9. The summed E-state index contributed by atoms with van der Waals surface area (Å²) in [5.74, 6) is -0.157. The van der Waals surface area contributed by atoms with E-state index in [9.17, 15) is 4.79 Å². The van der Waals surface area contributed by atoms with E-state index in [0.717, 1.165) is 6.42 Å². The molecule has 0 aromatic heterocycles. The van der Waals surface area contributed by atoms with E-state index in [1.165, 1.54) is 0 Å². The maximum absolute atomic E-state index is 12.4. The Kier molecular flexibility index (Phi) is 4.17. The smallest absolute Gasteiger partial charge is 0.232 e. The van der Waals surface area contributed by atoms with Gasteiger partial charge in [0.2, 0.25) is 5.91 Å². The van der Waals surface area contributed by atoms with Gasteiger partial charge in [0.15, 0.2) is 0 Å². The van der Waals surface area contributed by atoms with Gasteiger partial charge < -0.3 is 20.5 Å². The molecule has 18 heavy (non-hydrogen) atoms. The second kappa shape index (κ2) is 5.84. The fourth-order valence-corrected chi connectivity index (χ4v) is 2.13. The van der Waals surface area contributed by atoms with Gasteiger partial charge in [0.05, 0.1) is 30.5 Å². The van der Waals surface area contributed by atoms with Crippen molar-refractivity contribution in [2.75, 3.05) is 37.0 Å². The van der Waals surface area contributed by atoms with Crippen molar-refractivity contribution >= 4 is 17.3 Å². The Balaban J connectivity index is 2.22. The fraction of sp³-hybridized carbons (Fsp3) is 0.462. The van der Waals surface area contributed by atoms with E-state index in [-0.39, 0.29) is 25.0 Å². The highest BCUT2D eigenvalue weighted by Crippen LogP contribution is 2.26. The summed E-state index contributed by atoms with van der Waals surface area (Å²) in [6.07, 6.45) is 0.730. The lowest BCUT2D eigenvalue weighted by atomic mass is 10.1. The number of ether oxygens (including phenoxy) is 1. The summed E-state index contributed by atoms with van der Waals surface area (Å²) in [7, 11) is 0.